The van der Waals surface area contributed by atoms with E-state index in [-0.39, 0.29) is 6.03 Å². The number of nitrogens with one attached hydrogen (secondary N) is 2. The van der Waals surface area contributed by atoms with E-state index in [2.05, 4.69) is 10.6 Å². The summed E-state index contributed by atoms with van der Waals surface area (Å²) in [5.41, 5.74) is 2.27. The van der Waals surface area contributed by atoms with Gasteiger partial charge in [0.25, 0.3) is 0 Å². The lowest BCUT2D eigenvalue weighted by atomic mass is 10.1. The van der Waals surface area contributed by atoms with Crippen molar-refractivity contribution in [3.05, 3.63) is 64.7 Å². The Morgan fingerprint density at radius 3 is 2.30 bits per heavy atom. The fraction of sp³-hybridized carbons (Fsp3) is 0.278. The average molecular weight is 333 g/mol. The first-order valence-electron chi connectivity index (χ1n) is 7.56. The van der Waals surface area contributed by atoms with E-state index in [0.29, 0.717) is 13.1 Å². The van der Waals surface area contributed by atoms with Crippen LogP contribution in [0.1, 0.15) is 11.1 Å². The van der Waals surface area contributed by atoms with E-state index in [0.717, 1.165) is 34.7 Å². The minimum absolute atomic E-state index is 0.151. The largest absolute Gasteiger partial charge is 0.497 e. The highest BCUT2D eigenvalue weighted by molar-refractivity contribution is 6.30. The van der Waals surface area contributed by atoms with Gasteiger partial charge >= 0.3 is 6.03 Å². The third kappa shape index (κ3) is 6.20. The molecule has 0 saturated heterocycles. The Hall–Kier alpha value is -2.20. The quantitative estimate of drug-likeness (QED) is 0.816. The molecule has 2 N–H and O–H groups in total. The minimum Gasteiger partial charge on any atom is -0.497 e. The summed E-state index contributed by atoms with van der Waals surface area (Å²) >= 11 is 5.84. The summed E-state index contributed by atoms with van der Waals surface area (Å²) in [6.07, 6.45) is 1.54. The van der Waals surface area contributed by atoms with Crippen LogP contribution in [0.2, 0.25) is 5.02 Å². The smallest absolute Gasteiger partial charge is 0.314 e. The number of rotatable bonds is 7. The number of amides is 2. The van der Waals surface area contributed by atoms with Crippen LogP contribution < -0.4 is 15.4 Å². The number of methoxy groups -OCH3 is 1. The Bertz CT molecular complexity index is 629. The van der Waals surface area contributed by atoms with Crippen molar-refractivity contribution in [1.29, 1.82) is 0 Å². The summed E-state index contributed by atoms with van der Waals surface area (Å²) < 4.78 is 5.18. The number of hydrogen-bond donors (Lipinski definition) is 2. The van der Waals surface area contributed by atoms with Gasteiger partial charge in [0.1, 0.15) is 5.75 Å². The van der Waals surface area contributed by atoms with E-state index in [4.69, 9.17) is 16.3 Å². The van der Waals surface area contributed by atoms with Crippen molar-refractivity contribution >= 4 is 17.6 Å². The van der Waals surface area contributed by atoms with Crippen LogP contribution in [0.4, 0.5) is 4.79 Å². The van der Waals surface area contributed by atoms with E-state index in [9.17, 15) is 4.79 Å². The van der Waals surface area contributed by atoms with Crippen LogP contribution in [0.25, 0.3) is 0 Å². The molecule has 122 valence electrons. The van der Waals surface area contributed by atoms with Gasteiger partial charge in [-0.05, 0) is 48.2 Å². The van der Waals surface area contributed by atoms with Gasteiger partial charge in [-0.1, -0.05) is 35.9 Å². The molecule has 5 heteroatoms. The second-order valence-corrected chi connectivity index (χ2v) is 5.60. The molecule has 0 aliphatic carbocycles. The van der Waals surface area contributed by atoms with Gasteiger partial charge in [-0.15, -0.1) is 0 Å². The standard InChI is InChI=1S/C18H21ClN2O2/c1-23-17-4-2-3-15(13-17)10-12-21-18(22)20-11-9-14-5-7-16(19)8-6-14/h2-8,13H,9-12H2,1H3,(H2,20,21,22). The van der Waals surface area contributed by atoms with Crippen LogP contribution in [0.3, 0.4) is 0 Å². The molecule has 0 aromatic heterocycles. The van der Waals surface area contributed by atoms with E-state index < -0.39 is 0 Å². The van der Waals surface area contributed by atoms with E-state index >= 15 is 0 Å². The lowest BCUT2D eigenvalue weighted by Gasteiger charge is -2.08. The number of ether oxygens (including phenoxy) is 1. The number of halogens is 1. The van der Waals surface area contributed by atoms with Gasteiger partial charge in [-0.3, -0.25) is 0 Å². The third-order valence-corrected chi connectivity index (χ3v) is 3.70. The van der Waals surface area contributed by atoms with Crippen LogP contribution in [0.15, 0.2) is 48.5 Å². The Labute approximate surface area is 141 Å². The van der Waals surface area contributed by atoms with Gasteiger partial charge in [-0.25, -0.2) is 4.79 Å². The fourth-order valence-corrected chi connectivity index (χ4v) is 2.31. The highest BCUT2D eigenvalue weighted by Crippen LogP contribution is 2.12. The number of carbonyl (C=O) groups is 1. The molecular formula is C18H21ClN2O2. The molecule has 4 nitrogen and oxygen atoms in total. The summed E-state index contributed by atoms with van der Waals surface area (Å²) in [6, 6.07) is 15.3. The Morgan fingerprint density at radius 1 is 1.00 bits per heavy atom. The zero-order chi connectivity index (χ0) is 16.5. The highest BCUT2D eigenvalue weighted by Gasteiger charge is 2.01. The molecule has 2 rings (SSSR count). The average Bonchev–Trinajstić information content (AvgIpc) is 2.57. The van der Waals surface area contributed by atoms with Crippen LogP contribution in [0.5, 0.6) is 5.75 Å². The lowest BCUT2D eigenvalue weighted by Crippen LogP contribution is -2.37. The van der Waals surface area contributed by atoms with Gasteiger partial charge < -0.3 is 15.4 Å². The third-order valence-electron chi connectivity index (χ3n) is 3.45. The SMILES string of the molecule is COc1cccc(CCNC(=O)NCCc2ccc(Cl)cc2)c1. The molecule has 23 heavy (non-hydrogen) atoms. The number of benzene rings is 2. The number of carbonyl (C=O) groups excluding carboxylic acids is 1. The van der Waals surface area contributed by atoms with Crippen molar-refractivity contribution in [3.8, 4) is 5.75 Å². The molecule has 0 aliphatic heterocycles. The van der Waals surface area contributed by atoms with Crippen molar-refractivity contribution in [2.75, 3.05) is 20.2 Å². The summed E-state index contributed by atoms with van der Waals surface area (Å²) in [5, 5.41) is 6.42. The topological polar surface area (TPSA) is 50.4 Å². The van der Waals surface area contributed by atoms with Crippen LogP contribution in [0, 0.1) is 0 Å². The van der Waals surface area contributed by atoms with Gasteiger partial charge in [0.2, 0.25) is 0 Å². The summed E-state index contributed by atoms with van der Waals surface area (Å²) in [7, 11) is 1.64. The monoisotopic (exact) mass is 332 g/mol. The van der Waals surface area contributed by atoms with Crippen molar-refractivity contribution in [3.63, 3.8) is 0 Å². The van der Waals surface area contributed by atoms with Crippen LogP contribution >= 0.6 is 11.6 Å². The van der Waals surface area contributed by atoms with Crippen LogP contribution in [-0.2, 0) is 12.8 Å². The minimum atomic E-state index is -0.151. The highest BCUT2D eigenvalue weighted by atomic mass is 35.5. The Morgan fingerprint density at radius 2 is 1.65 bits per heavy atom. The van der Waals surface area contributed by atoms with Gasteiger partial charge in [0.15, 0.2) is 0 Å². The summed E-state index contributed by atoms with van der Waals surface area (Å²) in [6.45, 7) is 1.17. The van der Waals surface area contributed by atoms with Crippen molar-refractivity contribution in [2.24, 2.45) is 0 Å². The molecule has 0 unspecified atom stereocenters. The van der Waals surface area contributed by atoms with Crippen molar-refractivity contribution in [2.45, 2.75) is 12.8 Å². The maximum absolute atomic E-state index is 11.7. The first-order valence-corrected chi connectivity index (χ1v) is 7.94. The maximum atomic E-state index is 11.7. The molecular weight excluding hydrogens is 312 g/mol. The van der Waals surface area contributed by atoms with Gasteiger partial charge in [0.05, 0.1) is 7.11 Å². The molecule has 0 radical (unpaired) electrons. The molecule has 2 amide bonds. The second kappa shape index (κ2) is 9.06. The molecule has 0 aliphatic rings. The second-order valence-electron chi connectivity index (χ2n) is 5.16. The lowest BCUT2D eigenvalue weighted by molar-refractivity contribution is 0.241. The molecule has 0 bridgehead atoms. The first kappa shape index (κ1) is 17.2. The maximum Gasteiger partial charge on any atom is 0.314 e. The zero-order valence-corrected chi connectivity index (χ0v) is 13.9. The van der Waals surface area contributed by atoms with E-state index in [1.54, 1.807) is 7.11 Å². The molecule has 0 spiro atoms. The van der Waals surface area contributed by atoms with E-state index in [1.807, 2.05) is 48.5 Å². The molecule has 0 atom stereocenters. The fourth-order valence-electron chi connectivity index (χ4n) is 2.18. The van der Waals surface area contributed by atoms with Crippen LogP contribution in [-0.4, -0.2) is 26.2 Å². The Kier molecular flexibility index (Phi) is 6.76. The predicted molar refractivity (Wildman–Crippen MR) is 93.3 cm³/mol. The molecule has 0 heterocycles. The van der Waals surface area contributed by atoms with Crippen molar-refractivity contribution in [1.82, 2.24) is 10.6 Å². The molecule has 2 aromatic rings. The van der Waals surface area contributed by atoms with Gasteiger partial charge in [0, 0.05) is 18.1 Å². The zero-order valence-electron chi connectivity index (χ0n) is 13.1. The molecule has 0 fully saturated rings. The number of urea groups is 1. The normalized spacial score (nSPS) is 10.2. The molecule has 2 aromatic carbocycles. The van der Waals surface area contributed by atoms with Crippen molar-refractivity contribution < 1.29 is 9.53 Å². The molecule has 0 saturated carbocycles. The Balaban J connectivity index is 1.64. The predicted octanol–water partition coefficient (Wildman–Crippen LogP) is 3.43. The summed E-state index contributed by atoms with van der Waals surface area (Å²) in [4.78, 5) is 11.7. The van der Waals surface area contributed by atoms with Gasteiger partial charge in [-0.2, -0.15) is 0 Å². The first-order chi connectivity index (χ1) is 11.2. The number of hydrogen-bond acceptors (Lipinski definition) is 2. The van der Waals surface area contributed by atoms with E-state index in [1.165, 1.54) is 0 Å². The summed E-state index contributed by atoms with van der Waals surface area (Å²) in [5.74, 6) is 0.829.